The lowest BCUT2D eigenvalue weighted by Crippen LogP contribution is -2.58. The van der Waals surface area contributed by atoms with Crippen molar-refractivity contribution in [1.29, 1.82) is 0 Å². The average molecular weight is 475 g/mol. The van der Waals surface area contributed by atoms with Crippen molar-refractivity contribution in [3.8, 4) is 5.75 Å². The first-order valence-electron chi connectivity index (χ1n) is 10.8. The topological polar surface area (TPSA) is 149 Å². The number of nitrogens with zero attached hydrogens (tertiary/aromatic N) is 1. The van der Waals surface area contributed by atoms with Crippen LogP contribution in [0.25, 0.3) is 6.08 Å². The molecular formula is C22H32F2N2O7. The number of nitrogens with two attached hydrogens (primary N) is 1. The lowest BCUT2D eigenvalue weighted by Gasteiger charge is -2.51. The Bertz CT molecular complexity index is 847. The molecule has 0 saturated heterocycles. The lowest BCUT2D eigenvalue weighted by molar-refractivity contribution is -0.398. The molecule has 11 heteroatoms. The summed E-state index contributed by atoms with van der Waals surface area (Å²) >= 11 is 0. The number of allylic oxidation sites excluding steroid dienone is 1. The molecule has 1 aromatic rings. The summed E-state index contributed by atoms with van der Waals surface area (Å²) < 4.78 is 35.4. The fraction of sp³-hybridized carbons (Fsp3) is 0.636. The van der Waals surface area contributed by atoms with E-state index < -0.39 is 23.9 Å². The van der Waals surface area contributed by atoms with Crippen molar-refractivity contribution >= 4 is 6.08 Å². The van der Waals surface area contributed by atoms with Gasteiger partial charge in [0.05, 0.1) is 6.61 Å². The summed E-state index contributed by atoms with van der Waals surface area (Å²) in [6.07, 6.45) is -0.513. The average Bonchev–Trinajstić information content (AvgIpc) is 2.75. The van der Waals surface area contributed by atoms with Gasteiger partial charge in [-0.3, -0.25) is 0 Å². The van der Waals surface area contributed by atoms with Gasteiger partial charge >= 0.3 is 18.5 Å². The largest absolute Gasteiger partial charge is 0.435 e. The van der Waals surface area contributed by atoms with Crippen molar-refractivity contribution in [3.63, 3.8) is 0 Å². The second kappa shape index (κ2) is 9.88. The van der Waals surface area contributed by atoms with E-state index in [9.17, 15) is 34.3 Å². The molecule has 1 saturated carbocycles. The maximum atomic E-state index is 12.8. The van der Waals surface area contributed by atoms with Gasteiger partial charge in [-0.25, -0.2) is 4.90 Å². The highest BCUT2D eigenvalue weighted by Crippen LogP contribution is 2.53. The molecule has 1 fully saturated rings. The SMILES string of the molecule is COCCN(CC1(CN)CCCC2c3cc(OC(O)(O)C(F)F)ccc3C=CC21)C(O)(O)O. The van der Waals surface area contributed by atoms with Crippen LogP contribution in [0.2, 0.25) is 0 Å². The van der Waals surface area contributed by atoms with Gasteiger partial charge in [0.2, 0.25) is 0 Å². The Hall–Kier alpha value is -1.70. The highest BCUT2D eigenvalue weighted by molar-refractivity contribution is 5.60. The molecular weight excluding hydrogens is 442 g/mol. The Balaban J connectivity index is 1.92. The third-order valence-corrected chi connectivity index (χ3v) is 6.73. The van der Waals surface area contributed by atoms with Crippen molar-refractivity contribution in [2.75, 3.05) is 33.4 Å². The lowest BCUT2D eigenvalue weighted by atomic mass is 9.57. The standard InChI is InChI=1S/C22H32F2N2O7/c1-32-10-9-26(22(29,30)31)13-20(12-25)8-2-3-16-17-11-15(33-21(27,28)19(23)24)6-4-14(17)5-7-18(16)20/h4-7,11,16,18-19,27-31H,2-3,8-10,12-13,25H2,1H3. The van der Waals surface area contributed by atoms with Gasteiger partial charge in [-0.2, -0.15) is 8.78 Å². The normalized spacial score (nSPS) is 25.3. The van der Waals surface area contributed by atoms with Crippen molar-refractivity contribution < 1.29 is 43.8 Å². The molecule has 0 spiro atoms. The van der Waals surface area contributed by atoms with Crippen molar-refractivity contribution in [3.05, 3.63) is 35.4 Å². The van der Waals surface area contributed by atoms with E-state index in [4.69, 9.17) is 15.2 Å². The Morgan fingerprint density at radius 3 is 2.58 bits per heavy atom. The molecule has 3 rings (SSSR count). The van der Waals surface area contributed by atoms with E-state index >= 15 is 0 Å². The summed E-state index contributed by atoms with van der Waals surface area (Å²) in [4.78, 5) is 1.10. The van der Waals surface area contributed by atoms with Crippen LogP contribution in [0, 0.1) is 11.3 Å². The van der Waals surface area contributed by atoms with Crippen LogP contribution in [0.15, 0.2) is 24.3 Å². The molecule has 0 bridgehead atoms. The predicted molar refractivity (Wildman–Crippen MR) is 114 cm³/mol. The molecule has 0 aromatic heterocycles. The zero-order chi connectivity index (χ0) is 24.4. The number of fused-ring (bicyclic) bond motifs is 3. The number of ether oxygens (including phenoxy) is 2. The number of hydrogen-bond donors (Lipinski definition) is 6. The van der Waals surface area contributed by atoms with Crippen LogP contribution in [0.1, 0.15) is 36.3 Å². The van der Waals surface area contributed by atoms with Gasteiger partial charge in [0.15, 0.2) is 0 Å². The fourth-order valence-corrected chi connectivity index (χ4v) is 5.05. The first-order valence-corrected chi connectivity index (χ1v) is 10.8. The molecule has 2 aliphatic carbocycles. The number of benzene rings is 1. The van der Waals surface area contributed by atoms with Crippen molar-refractivity contribution in [2.24, 2.45) is 17.1 Å². The van der Waals surface area contributed by atoms with Crippen LogP contribution in [0.4, 0.5) is 8.78 Å². The minimum absolute atomic E-state index is 0.0557. The molecule has 7 N–H and O–H groups in total. The maximum absolute atomic E-state index is 12.8. The quantitative estimate of drug-likeness (QED) is 0.264. The monoisotopic (exact) mass is 474 g/mol. The molecule has 9 nitrogen and oxygen atoms in total. The summed E-state index contributed by atoms with van der Waals surface area (Å²) in [7, 11) is 1.46. The molecule has 1 aromatic carbocycles. The molecule has 186 valence electrons. The Labute approximate surface area is 190 Å². The number of methoxy groups -OCH3 is 1. The van der Waals surface area contributed by atoms with E-state index in [2.05, 4.69) is 0 Å². The number of alkyl halides is 2. The molecule has 2 aliphatic rings. The molecule has 3 unspecified atom stereocenters. The van der Waals surface area contributed by atoms with Crippen LogP contribution < -0.4 is 10.5 Å². The van der Waals surface area contributed by atoms with Crippen LogP contribution in [0.5, 0.6) is 5.75 Å². The number of aliphatic hydroxyl groups is 5. The van der Waals surface area contributed by atoms with E-state index in [0.29, 0.717) is 6.42 Å². The molecule has 3 atom stereocenters. The minimum Gasteiger partial charge on any atom is -0.435 e. The maximum Gasteiger partial charge on any atom is 0.386 e. The molecule has 0 amide bonds. The second-order valence-electron chi connectivity index (χ2n) is 8.82. The van der Waals surface area contributed by atoms with E-state index in [0.717, 1.165) is 28.9 Å². The van der Waals surface area contributed by atoms with Crippen LogP contribution in [-0.2, 0) is 4.74 Å². The third kappa shape index (κ3) is 5.52. The Morgan fingerprint density at radius 2 is 1.97 bits per heavy atom. The Kier molecular flexibility index (Phi) is 7.76. The van der Waals surface area contributed by atoms with E-state index in [1.165, 1.54) is 19.2 Å². The first-order chi connectivity index (χ1) is 15.4. The zero-order valence-corrected chi connectivity index (χ0v) is 18.4. The van der Waals surface area contributed by atoms with Crippen LogP contribution in [-0.4, -0.2) is 82.3 Å². The third-order valence-electron chi connectivity index (χ3n) is 6.73. The van der Waals surface area contributed by atoms with Crippen LogP contribution >= 0.6 is 0 Å². The first kappa shape index (κ1) is 25.9. The van der Waals surface area contributed by atoms with E-state index in [1.54, 1.807) is 6.07 Å². The van der Waals surface area contributed by atoms with Gasteiger partial charge in [0.25, 0.3) is 0 Å². The summed E-state index contributed by atoms with van der Waals surface area (Å²) in [6, 6.07) is 4.56. The van der Waals surface area contributed by atoms with Gasteiger partial charge in [-0.1, -0.05) is 24.6 Å². The number of hydrogen-bond acceptors (Lipinski definition) is 9. The molecule has 0 aliphatic heterocycles. The van der Waals surface area contributed by atoms with Crippen molar-refractivity contribution in [1.82, 2.24) is 4.90 Å². The predicted octanol–water partition coefficient (Wildman–Crippen LogP) is 0.361. The van der Waals surface area contributed by atoms with Gasteiger partial charge in [0.1, 0.15) is 5.75 Å². The summed E-state index contributed by atoms with van der Waals surface area (Å²) in [5.74, 6) is -3.98. The molecule has 33 heavy (non-hydrogen) atoms. The smallest absolute Gasteiger partial charge is 0.386 e. The summed E-state index contributed by atoms with van der Waals surface area (Å²) in [6.45, 7) is 0.492. The van der Waals surface area contributed by atoms with Gasteiger partial charge in [0, 0.05) is 25.6 Å². The van der Waals surface area contributed by atoms with Gasteiger partial charge in [-0.15, -0.1) is 0 Å². The summed E-state index contributed by atoms with van der Waals surface area (Å²) in [5, 5.41) is 48.5. The highest BCUT2D eigenvalue weighted by atomic mass is 19.3. The number of rotatable bonds is 10. The van der Waals surface area contributed by atoms with E-state index in [1.807, 2.05) is 12.2 Å². The van der Waals surface area contributed by atoms with Crippen LogP contribution in [0.3, 0.4) is 0 Å². The van der Waals surface area contributed by atoms with Gasteiger partial charge in [-0.05, 0) is 54.5 Å². The second-order valence-corrected chi connectivity index (χ2v) is 8.82. The fourth-order valence-electron chi connectivity index (χ4n) is 5.05. The van der Waals surface area contributed by atoms with Gasteiger partial charge < -0.3 is 40.7 Å². The Morgan fingerprint density at radius 1 is 1.24 bits per heavy atom. The van der Waals surface area contributed by atoms with Crippen molar-refractivity contribution in [2.45, 2.75) is 43.7 Å². The minimum atomic E-state index is -3.61. The number of halogens is 2. The molecule has 0 heterocycles. The highest BCUT2D eigenvalue weighted by Gasteiger charge is 2.48. The van der Waals surface area contributed by atoms with E-state index in [-0.39, 0.29) is 43.8 Å². The zero-order valence-electron chi connectivity index (χ0n) is 18.4. The summed E-state index contributed by atoms with van der Waals surface area (Å²) in [5.41, 5.74) is 7.22. The molecule has 0 radical (unpaired) electrons.